The van der Waals surface area contributed by atoms with Gasteiger partial charge < -0.3 is 0 Å². The third-order valence-electron chi connectivity index (χ3n) is 4.40. The maximum atomic E-state index is 6.60. The van der Waals surface area contributed by atoms with Gasteiger partial charge in [0.1, 0.15) is 0 Å². The summed E-state index contributed by atoms with van der Waals surface area (Å²) in [6.45, 7) is 0. The molecule has 2 bridgehead atoms. The largest absolute Gasteiger partial charge is 0.120 e. The molecule has 102 valence electrons. The molecule has 0 radical (unpaired) electrons. The van der Waals surface area contributed by atoms with Crippen molar-refractivity contribution >= 4 is 46.4 Å². The van der Waals surface area contributed by atoms with Crippen molar-refractivity contribution in [1.82, 2.24) is 0 Å². The Hall–Kier alpha value is -0.400. The Morgan fingerprint density at radius 3 is 1.45 bits per heavy atom. The molecule has 0 fully saturated rings. The minimum absolute atomic E-state index is 0.0881. The maximum absolute atomic E-state index is 6.60. The number of hydrogen-bond acceptors (Lipinski definition) is 0. The number of alkyl halides is 2. The van der Waals surface area contributed by atoms with Crippen LogP contribution in [0, 0.1) is 0 Å². The molecular formula is C16H10Cl4. The summed E-state index contributed by atoms with van der Waals surface area (Å²) in [7, 11) is 0. The molecule has 0 spiro atoms. The maximum Gasteiger partial charge on any atom is 0.0618 e. The molecule has 0 N–H and O–H groups in total. The molecule has 0 heterocycles. The molecular weight excluding hydrogens is 334 g/mol. The van der Waals surface area contributed by atoms with Gasteiger partial charge in [-0.1, -0.05) is 47.5 Å². The molecule has 0 saturated carbocycles. The van der Waals surface area contributed by atoms with Crippen LogP contribution in [0.15, 0.2) is 36.4 Å². The summed E-state index contributed by atoms with van der Waals surface area (Å²) in [6.07, 6.45) is 0. The standard InChI is InChI=1S/C16H10Cl4/c17-11-5-9-10(6-12(11)18)14-8-4-2-1-3-7(8)13(9)15(19)16(14)20/h1-6,13-16H/t13-,14-,15-,16-/m1/s1. The Kier molecular flexibility index (Phi) is 3.02. The Morgan fingerprint density at radius 2 is 1.05 bits per heavy atom. The summed E-state index contributed by atoms with van der Waals surface area (Å²) < 4.78 is 0. The Bertz CT molecular complexity index is 650. The van der Waals surface area contributed by atoms with Gasteiger partial charge in [0, 0.05) is 11.8 Å². The van der Waals surface area contributed by atoms with E-state index in [1.807, 2.05) is 24.3 Å². The molecule has 4 heteroatoms. The third-order valence-corrected chi connectivity index (χ3v) is 6.30. The van der Waals surface area contributed by atoms with E-state index in [4.69, 9.17) is 46.4 Å². The van der Waals surface area contributed by atoms with Crippen molar-refractivity contribution < 1.29 is 0 Å². The van der Waals surface area contributed by atoms with Gasteiger partial charge in [-0.15, -0.1) is 23.2 Å². The van der Waals surface area contributed by atoms with Crippen molar-refractivity contribution in [2.24, 2.45) is 0 Å². The van der Waals surface area contributed by atoms with E-state index in [1.165, 1.54) is 22.3 Å². The van der Waals surface area contributed by atoms with Crippen LogP contribution in [0.25, 0.3) is 0 Å². The Labute approximate surface area is 137 Å². The molecule has 3 aliphatic rings. The van der Waals surface area contributed by atoms with Crippen molar-refractivity contribution in [1.29, 1.82) is 0 Å². The van der Waals surface area contributed by atoms with Gasteiger partial charge in [0.15, 0.2) is 0 Å². The summed E-state index contributed by atoms with van der Waals surface area (Å²) in [5.74, 6) is 0.176. The van der Waals surface area contributed by atoms with Gasteiger partial charge in [-0.05, 0) is 34.4 Å². The van der Waals surface area contributed by atoms with Crippen molar-refractivity contribution in [3.8, 4) is 0 Å². The van der Waals surface area contributed by atoms with E-state index in [0.717, 1.165) is 0 Å². The second-order valence-corrected chi connectivity index (χ2v) is 7.19. The molecule has 5 rings (SSSR count). The van der Waals surface area contributed by atoms with Gasteiger partial charge in [-0.25, -0.2) is 0 Å². The van der Waals surface area contributed by atoms with E-state index >= 15 is 0 Å². The molecule has 0 nitrogen and oxygen atoms in total. The van der Waals surface area contributed by atoms with E-state index < -0.39 is 0 Å². The lowest BCUT2D eigenvalue weighted by Crippen LogP contribution is -2.41. The molecule has 3 aliphatic carbocycles. The molecule has 0 unspecified atom stereocenters. The number of benzene rings is 2. The first-order valence-corrected chi connectivity index (χ1v) is 8.08. The number of rotatable bonds is 0. The molecule has 0 saturated heterocycles. The first kappa shape index (κ1) is 13.3. The molecule has 4 atom stereocenters. The third kappa shape index (κ3) is 1.63. The minimum atomic E-state index is -0.124. The smallest absolute Gasteiger partial charge is 0.0618 e. The molecule has 0 amide bonds. The second-order valence-electron chi connectivity index (χ2n) is 5.37. The lowest BCUT2D eigenvalue weighted by atomic mass is 9.63. The highest BCUT2D eigenvalue weighted by molar-refractivity contribution is 6.42. The summed E-state index contributed by atoms with van der Waals surface area (Å²) in [5, 5.41) is 0.901. The lowest BCUT2D eigenvalue weighted by molar-refractivity contribution is 0.535. The normalized spacial score (nSPS) is 30.0. The van der Waals surface area contributed by atoms with Gasteiger partial charge in [-0.2, -0.15) is 0 Å². The van der Waals surface area contributed by atoms with Gasteiger partial charge in [-0.3, -0.25) is 0 Å². The van der Waals surface area contributed by atoms with Gasteiger partial charge in [0.2, 0.25) is 0 Å². The summed E-state index contributed by atoms with van der Waals surface area (Å²) in [5.41, 5.74) is 4.86. The van der Waals surface area contributed by atoms with Crippen LogP contribution in [0.5, 0.6) is 0 Å². The monoisotopic (exact) mass is 342 g/mol. The zero-order valence-electron chi connectivity index (χ0n) is 10.3. The van der Waals surface area contributed by atoms with E-state index in [-0.39, 0.29) is 22.6 Å². The van der Waals surface area contributed by atoms with Crippen LogP contribution >= 0.6 is 46.4 Å². The van der Waals surface area contributed by atoms with Crippen LogP contribution in [-0.4, -0.2) is 10.8 Å². The minimum Gasteiger partial charge on any atom is -0.120 e. The highest BCUT2D eigenvalue weighted by Gasteiger charge is 2.48. The fraction of sp³-hybridized carbons (Fsp3) is 0.250. The summed E-state index contributed by atoms with van der Waals surface area (Å²) in [6, 6.07) is 12.3. The van der Waals surface area contributed by atoms with E-state index in [0.29, 0.717) is 10.0 Å². The lowest BCUT2D eigenvalue weighted by Gasteiger charge is -2.46. The summed E-state index contributed by atoms with van der Waals surface area (Å²) >= 11 is 25.6. The van der Waals surface area contributed by atoms with Crippen molar-refractivity contribution in [3.05, 3.63) is 68.7 Å². The topological polar surface area (TPSA) is 0 Å². The van der Waals surface area contributed by atoms with Crippen LogP contribution in [0.4, 0.5) is 0 Å². The predicted molar refractivity (Wildman–Crippen MR) is 85.9 cm³/mol. The van der Waals surface area contributed by atoms with Gasteiger partial charge >= 0.3 is 0 Å². The average molecular weight is 344 g/mol. The highest BCUT2D eigenvalue weighted by Crippen LogP contribution is 2.57. The molecule has 2 aromatic carbocycles. The van der Waals surface area contributed by atoms with Gasteiger partial charge in [0.05, 0.1) is 20.8 Å². The first-order chi connectivity index (χ1) is 9.59. The highest BCUT2D eigenvalue weighted by atomic mass is 35.5. The van der Waals surface area contributed by atoms with Crippen LogP contribution in [0.2, 0.25) is 10.0 Å². The van der Waals surface area contributed by atoms with E-state index in [2.05, 4.69) is 12.1 Å². The fourth-order valence-electron chi connectivity index (χ4n) is 3.58. The molecule has 0 aliphatic heterocycles. The number of fused-ring (bicyclic) bond motifs is 1. The van der Waals surface area contributed by atoms with Crippen LogP contribution < -0.4 is 0 Å². The molecule has 0 aromatic heterocycles. The number of halogens is 4. The van der Waals surface area contributed by atoms with E-state index in [1.54, 1.807) is 0 Å². The van der Waals surface area contributed by atoms with Gasteiger partial charge in [0.25, 0.3) is 0 Å². The zero-order chi connectivity index (χ0) is 14.0. The first-order valence-electron chi connectivity index (χ1n) is 6.45. The SMILES string of the molecule is Clc1cc2c(cc1Cl)[C@H]1c3ccccc3[C@H]2[C@@H](Cl)[C@@H]1Cl. The van der Waals surface area contributed by atoms with Crippen LogP contribution in [0.3, 0.4) is 0 Å². The Balaban J connectivity index is 2.05. The average Bonchev–Trinajstić information content (AvgIpc) is 2.44. The van der Waals surface area contributed by atoms with Crippen LogP contribution in [0.1, 0.15) is 34.1 Å². The van der Waals surface area contributed by atoms with E-state index in [9.17, 15) is 0 Å². The van der Waals surface area contributed by atoms with Crippen LogP contribution in [-0.2, 0) is 0 Å². The van der Waals surface area contributed by atoms with Crippen molar-refractivity contribution in [3.63, 3.8) is 0 Å². The second kappa shape index (κ2) is 4.55. The quantitative estimate of drug-likeness (QED) is 0.530. The fourth-order valence-corrected chi connectivity index (χ4v) is 4.76. The molecule has 2 aromatic rings. The number of hydrogen-bond donors (Lipinski definition) is 0. The molecule has 20 heavy (non-hydrogen) atoms. The Morgan fingerprint density at radius 1 is 0.650 bits per heavy atom. The van der Waals surface area contributed by atoms with Crippen molar-refractivity contribution in [2.45, 2.75) is 22.6 Å². The summed E-state index contributed by atoms with van der Waals surface area (Å²) in [4.78, 5) is 0. The zero-order valence-corrected chi connectivity index (χ0v) is 13.3. The predicted octanol–water partition coefficient (Wildman–Crippen LogP) is 5.80. The van der Waals surface area contributed by atoms with Crippen molar-refractivity contribution in [2.75, 3.05) is 0 Å².